The van der Waals surface area contributed by atoms with E-state index in [1.165, 1.54) is 38.1 Å². The summed E-state index contributed by atoms with van der Waals surface area (Å²) in [4.78, 5) is 12.5. The second-order valence-electron chi connectivity index (χ2n) is 4.77. The molecule has 1 atom stereocenters. The molecule has 8 heteroatoms. The number of hydrogen-bond acceptors (Lipinski definition) is 6. The van der Waals surface area contributed by atoms with Crippen molar-refractivity contribution in [2.75, 3.05) is 5.70 Å². The van der Waals surface area contributed by atoms with Crippen LogP contribution in [0.15, 0.2) is 35.9 Å². The Hall–Kier alpha value is -1.73. The normalized spacial score (nSPS) is 24.7. The van der Waals surface area contributed by atoms with Gasteiger partial charge in [-0.2, -0.15) is 8.42 Å². The van der Waals surface area contributed by atoms with Crippen molar-refractivity contribution in [1.29, 1.82) is 0 Å². The monoisotopic (exact) mass is 348 g/mol. The standard InChI is InChI=1S/C14H16ClNO5S/c1-8(2)7-22(18,19)21-13-11(17)12(20-14(13)16)9-3-5-10(15)6-4-9/h3-6,8,12H,7,16H2,1-2H3/t12-/m1/s1/i7D2,12D. The predicted molar refractivity (Wildman–Crippen MR) is 81.2 cm³/mol. The van der Waals surface area contributed by atoms with E-state index in [1.54, 1.807) is 0 Å². The quantitative estimate of drug-likeness (QED) is 0.819. The Morgan fingerprint density at radius 2 is 2.05 bits per heavy atom. The van der Waals surface area contributed by atoms with Crippen LogP contribution in [0.2, 0.25) is 5.02 Å². The Labute approximate surface area is 138 Å². The topological polar surface area (TPSA) is 95.7 Å². The van der Waals surface area contributed by atoms with Crippen molar-refractivity contribution in [3.63, 3.8) is 0 Å². The molecule has 0 unspecified atom stereocenters. The van der Waals surface area contributed by atoms with Crippen LogP contribution < -0.4 is 5.73 Å². The zero-order chi connectivity index (χ0) is 19.2. The van der Waals surface area contributed by atoms with Crippen LogP contribution >= 0.6 is 11.6 Å². The number of carbonyl (C=O) groups excluding carboxylic acids is 1. The minimum Gasteiger partial charge on any atom is -0.460 e. The molecule has 1 heterocycles. The first kappa shape index (κ1) is 12.8. The smallest absolute Gasteiger partial charge is 0.309 e. The molecule has 1 aromatic carbocycles. The second kappa shape index (κ2) is 6.18. The molecule has 0 aliphatic carbocycles. The highest BCUT2D eigenvalue weighted by Crippen LogP contribution is 2.32. The lowest BCUT2D eigenvalue weighted by molar-refractivity contribution is -0.123. The van der Waals surface area contributed by atoms with Crippen molar-refractivity contribution in [2.24, 2.45) is 11.7 Å². The highest BCUT2D eigenvalue weighted by atomic mass is 35.5. The van der Waals surface area contributed by atoms with Gasteiger partial charge in [-0.1, -0.05) is 37.6 Å². The summed E-state index contributed by atoms with van der Waals surface area (Å²) in [6.07, 6.45) is -2.34. The third kappa shape index (κ3) is 3.72. The number of rotatable bonds is 5. The molecule has 0 radical (unpaired) electrons. The summed E-state index contributed by atoms with van der Waals surface area (Å²) in [6, 6.07) is 5.55. The van der Waals surface area contributed by atoms with Gasteiger partial charge in [0.2, 0.25) is 17.4 Å². The summed E-state index contributed by atoms with van der Waals surface area (Å²) in [5.41, 5.74) is 2.81. The molecule has 0 bridgehead atoms. The van der Waals surface area contributed by atoms with Gasteiger partial charge in [0.15, 0.2) is 6.08 Å². The Morgan fingerprint density at radius 3 is 2.59 bits per heavy atom. The van der Waals surface area contributed by atoms with Crippen LogP contribution in [0, 0.1) is 5.92 Å². The maximum Gasteiger partial charge on any atom is 0.309 e. The lowest BCUT2D eigenvalue weighted by Crippen LogP contribution is -2.19. The van der Waals surface area contributed by atoms with Gasteiger partial charge in [-0.15, -0.1) is 0 Å². The number of nitrogens with two attached hydrogens (primary N) is 1. The van der Waals surface area contributed by atoms with Gasteiger partial charge in [0.25, 0.3) is 0 Å². The molecule has 22 heavy (non-hydrogen) atoms. The van der Waals surface area contributed by atoms with E-state index in [4.69, 9.17) is 26.2 Å². The van der Waals surface area contributed by atoms with E-state index >= 15 is 0 Å². The third-order valence-corrected chi connectivity index (χ3v) is 3.93. The van der Waals surface area contributed by atoms with E-state index < -0.39 is 45.2 Å². The average Bonchev–Trinajstić information content (AvgIpc) is 2.71. The highest BCUT2D eigenvalue weighted by molar-refractivity contribution is 7.86. The van der Waals surface area contributed by atoms with Crippen molar-refractivity contribution in [1.82, 2.24) is 0 Å². The number of halogens is 1. The summed E-state index contributed by atoms with van der Waals surface area (Å²) in [7, 11) is -4.86. The van der Waals surface area contributed by atoms with Crippen molar-refractivity contribution in [3.05, 3.63) is 46.5 Å². The number of benzene rings is 1. The van der Waals surface area contributed by atoms with Crippen LogP contribution in [-0.2, 0) is 23.8 Å². The molecule has 0 saturated heterocycles. The minimum atomic E-state index is -4.86. The van der Waals surface area contributed by atoms with Gasteiger partial charge in [-0.3, -0.25) is 4.79 Å². The van der Waals surface area contributed by atoms with Crippen LogP contribution in [0.1, 0.15) is 29.6 Å². The van der Waals surface area contributed by atoms with Crippen LogP contribution in [0.3, 0.4) is 0 Å². The van der Waals surface area contributed by atoms with Crippen molar-refractivity contribution < 1.29 is 26.2 Å². The van der Waals surface area contributed by atoms with Crippen LogP contribution in [-0.4, -0.2) is 19.9 Å². The average molecular weight is 349 g/mol. The number of hydrogen-bond donors (Lipinski definition) is 1. The fraction of sp³-hybridized carbons (Fsp3) is 0.357. The molecular formula is C14H16ClNO5S. The fourth-order valence-corrected chi connectivity index (χ4v) is 2.84. The SMILES string of the molecule is [2H]C([2H])(C(C)C)S(=O)(=O)OC1=C(N)O[C@]([2H])(c2ccc(Cl)cc2)C1=O. The van der Waals surface area contributed by atoms with Gasteiger partial charge in [-0.05, 0) is 18.1 Å². The summed E-state index contributed by atoms with van der Waals surface area (Å²) in [5, 5.41) is 0.364. The predicted octanol–water partition coefficient (Wildman–Crippen LogP) is 2.11. The van der Waals surface area contributed by atoms with Gasteiger partial charge in [0.05, 0.1) is 7.08 Å². The molecule has 6 nitrogen and oxygen atoms in total. The van der Waals surface area contributed by atoms with E-state index in [0.717, 1.165) is 0 Å². The first-order valence-electron chi connectivity index (χ1n) is 7.76. The van der Waals surface area contributed by atoms with E-state index in [0.29, 0.717) is 5.02 Å². The molecule has 0 amide bonds. The largest absolute Gasteiger partial charge is 0.460 e. The molecule has 2 N–H and O–H groups in total. The van der Waals surface area contributed by atoms with Gasteiger partial charge < -0.3 is 14.7 Å². The zero-order valence-corrected chi connectivity index (χ0v) is 13.4. The molecule has 1 aromatic rings. The van der Waals surface area contributed by atoms with E-state index in [2.05, 4.69) is 4.18 Å². The third-order valence-electron chi connectivity index (χ3n) is 2.53. The highest BCUT2D eigenvalue weighted by Gasteiger charge is 2.39. The number of Topliss-reactive ketones (excluding diaryl/α,β-unsaturated/α-hetero) is 1. The molecular weight excluding hydrogens is 330 g/mol. The van der Waals surface area contributed by atoms with Crippen LogP contribution in [0.5, 0.6) is 0 Å². The maximum atomic E-state index is 12.5. The Kier molecular flexibility index (Phi) is 3.59. The van der Waals surface area contributed by atoms with Gasteiger partial charge in [0, 0.05) is 13.3 Å². The summed E-state index contributed by atoms with van der Waals surface area (Å²) >= 11 is 5.76. The first-order chi connectivity index (χ1) is 11.3. The molecule has 120 valence electrons. The summed E-state index contributed by atoms with van der Waals surface area (Å²) < 4.78 is 57.5. The maximum absolute atomic E-state index is 12.5. The molecule has 0 aromatic heterocycles. The molecule has 0 fully saturated rings. The lowest BCUT2D eigenvalue weighted by Gasteiger charge is -2.10. The molecule has 2 rings (SSSR count). The van der Waals surface area contributed by atoms with Crippen molar-refractivity contribution in [3.8, 4) is 0 Å². The van der Waals surface area contributed by atoms with Crippen molar-refractivity contribution >= 4 is 27.5 Å². The molecule has 0 saturated carbocycles. The molecule has 1 aliphatic heterocycles. The van der Waals surface area contributed by atoms with E-state index in [9.17, 15) is 13.2 Å². The fourth-order valence-electron chi connectivity index (χ4n) is 1.71. The van der Waals surface area contributed by atoms with E-state index in [1.807, 2.05) is 0 Å². The second-order valence-corrected chi connectivity index (χ2v) is 6.52. The molecule has 0 spiro atoms. The van der Waals surface area contributed by atoms with Crippen LogP contribution in [0.25, 0.3) is 0 Å². The Morgan fingerprint density at radius 1 is 1.45 bits per heavy atom. The van der Waals surface area contributed by atoms with Gasteiger partial charge >= 0.3 is 10.1 Å². The number of ketones is 1. The lowest BCUT2D eigenvalue weighted by atomic mass is 10.1. The first-order valence-corrected chi connectivity index (χ1v) is 8.05. The van der Waals surface area contributed by atoms with Gasteiger partial charge in [0.1, 0.15) is 0 Å². The van der Waals surface area contributed by atoms with Gasteiger partial charge in [-0.25, -0.2) is 0 Å². The summed E-state index contributed by atoms with van der Waals surface area (Å²) in [5.74, 6) is -3.74. The zero-order valence-electron chi connectivity index (χ0n) is 14.8. The molecule has 1 aliphatic rings. The van der Waals surface area contributed by atoms with E-state index in [-0.39, 0.29) is 5.56 Å². The van der Waals surface area contributed by atoms with Crippen LogP contribution in [0.4, 0.5) is 0 Å². The minimum absolute atomic E-state index is 0.0627. The Bertz CT molecular complexity index is 839. The van der Waals surface area contributed by atoms with Crippen molar-refractivity contribution in [2.45, 2.75) is 19.9 Å². The summed E-state index contributed by atoms with van der Waals surface area (Å²) in [6.45, 7) is 2.68. The number of ether oxygens (including phenoxy) is 1. The Balaban J connectivity index is 2.37. The number of carbonyl (C=O) groups is 1.